The Morgan fingerprint density at radius 3 is 0.914 bits per heavy atom. The molecule has 0 aromatic rings. The summed E-state index contributed by atoms with van der Waals surface area (Å²) in [5, 5.41) is 0. The Balaban J connectivity index is 4.41. The van der Waals surface area contributed by atoms with E-state index in [9.17, 15) is 14.4 Å². The van der Waals surface area contributed by atoms with Crippen LogP contribution >= 0.6 is 0 Å². The fourth-order valence-electron chi connectivity index (χ4n) is 8.64. The number of carbonyl (C=O) groups is 3. The molecular formula is C64H114O6. The molecule has 0 rings (SSSR count). The summed E-state index contributed by atoms with van der Waals surface area (Å²) in [7, 11) is 0. The Morgan fingerprint density at radius 2 is 0.557 bits per heavy atom. The zero-order valence-corrected chi connectivity index (χ0v) is 46.5. The number of rotatable bonds is 55. The third-order valence-corrected chi connectivity index (χ3v) is 13.2. The summed E-state index contributed by atoms with van der Waals surface area (Å²) in [4.78, 5) is 38.2. The van der Waals surface area contributed by atoms with Gasteiger partial charge in [-0.2, -0.15) is 0 Å². The second-order valence-corrected chi connectivity index (χ2v) is 20.3. The maximum absolute atomic E-state index is 12.9. The number of hydrogen-bond acceptors (Lipinski definition) is 6. The van der Waals surface area contributed by atoms with Gasteiger partial charge in [-0.3, -0.25) is 14.4 Å². The summed E-state index contributed by atoms with van der Waals surface area (Å²) in [5.74, 6) is -0.898. The van der Waals surface area contributed by atoms with Gasteiger partial charge >= 0.3 is 17.9 Å². The summed E-state index contributed by atoms with van der Waals surface area (Å²) in [6, 6.07) is 0. The highest BCUT2D eigenvalue weighted by Crippen LogP contribution is 2.15. The average molecular weight is 980 g/mol. The summed E-state index contributed by atoms with van der Waals surface area (Å²) in [6.45, 7) is 6.61. The zero-order chi connectivity index (χ0) is 50.7. The normalized spacial score (nSPS) is 12.4. The monoisotopic (exact) mass is 979 g/mol. The molecule has 406 valence electrons. The number of hydrogen-bond donors (Lipinski definition) is 0. The molecule has 0 amide bonds. The van der Waals surface area contributed by atoms with Crippen LogP contribution in [0.15, 0.2) is 60.8 Å². The Bertz CT molecular complexity index is 1260. The largest absolute Gasteiger partial charge is 0.462 e. The van der Waals surface area contributed by atoms with Crippen molar-refractivity contribution < 1.29 is 28.6 Å². The highest BCUT2D eigenvalue weighted by atomic mass is 16.6. The van der Waals surface area contributed by atoms with E-state index in [0.717, 1.165) is 89.9 Å². The van der Waals surface area contributed by atoms with Gasteiger partial charge in [0, 0.05) is 19.3 Å². The van der Waals surface area contributed by atoms with E-state index < -0.39 is 6.10 Å². The molecule has 6 nitrogen and oxygen atoms in total. The van der Waals surface area contributed by atoms with Crippen LogP contribution in [0.3, 0.4) is 0 Å². The number of esters is 3. The molecule has 0 fully saturated rings. The molecule has 0 saturated carbocycles. The molecule has 0 spiro atoms. The lowest BCUT2D eigenvalue weighted by Crippen LogP contribution is -2.30. The van der Waals surface area contributed by atoms with Crippen molar-refractivity contribution in [2.75, 3.05) is 13.2 Å². The zero-order valence-electron chi connectivity index (χ0n) is 46.5. The lowest BCUT2D eigenvalue weighted by Gasteiger charge is -2.18. The molecule has 0 aliphatic rings. The molecule has 0 saturated heterocycles. The maximum Gasteiger partial charge on any atom is 0.306 e. The molecule has 1 atom stereocenters. The average Bonchev–Trinajstić information content (AvgIpc) is 3.36. The van der Waals surface area contributed by atoms with Crippen LogP contribution < -0.4 is 0 Å². The third kappa shape index (κ3) is 56.0. The molecule has 0 aromatic carbocycles. The molecule has 1 unspecified atom stereocenters. The van der Waals surface area contributed by atoms with E-state index in [4.69, 9.17) is 14.2 Å². The highest BCUT2D eigenvalue weighted by molar-refractivity contribution is 5.71. The van der Waals surface area contributed by atoms with Crippen LogP contribution in [0, 0.1) is 0 Å². The third-order valence-electron chi connectivity index (χ3n) is 13.2. The van der Waals surface area contributed by atoms with E-state index in [-0.39, 0.29) is 31.1 Å². The van der Waals surface area contributed by atoms with Crippen molar-refractivity contribution in [3.05, 3.63) is 60.8 Å². The highest BCUT2D eigenvalue weighted by Gasteiger charge is 2.19. The van der Waals surface area contributed by atoms with E-state index in [2.05, 4.69) is 81.5 Å². The molecule has 0 radical (unpaired) electrons. The standard InChI is InChI=1S/C64H114O6/c1-4-7-10-13-16-19-22-25-28-31-34-36-39-42-45-48-51-54-57-63(66)69-60-61(70-64(67)58-55-52-49-46-43-40-37-33-30-27-24-21-18-15-12-9-6-3)59-68-62(65)56-53-50-47-44-41-38-35-32-29-26-23-20-17-14-11-8-5-2/h18,21,26-31,34,36,61H,4-17,19-20,22-25,32-33,35,37-60H2,1-3H3/b21-18-,29-26-,30-27-,31-28-,36-34-. The van der Waals surface area contributed by atoms with Crippen LogP contribution in [-0.4, -0.2) is 37.2 Å². The molecular weight excluding hydrogens is 865 g/mol. The quantitative estimate of drug-likeness (QED) is 0.0199. The Labute approximate surface area is 434 Å². The second kappa shape index (κ2) is 58.7. The molecule has 6 heteroatoms. The van der Waals surface area contributed by atoms with Gasteiger partial charge in [0.05, 0.1) is 0 Å². The first-order chi connectivity index (χ1) is 34.5. The lowest BCUT2D eigenvalue weighted by atomic mass is 10.1. The van der Waals surface area contributed by atoms with Gasteiger partial charge in [-0.25, -0.2) is 0 Å². The van der Waals surface area contributed by atoms with E-state index in [1.54, 1.807) is 0 Å². The fourth-order valence-corrected chi connectivity index (χ4v) is 8.64. The maximum atomic E-state index is 12.9. The Hall–Kier alpha value is -2.89. The molecule has 0 N–H and O–H groups in total. The van der Waals surface area contributed by atoms with Crippen LogP contribution in [-0.2, 0) is 28.6 Å². The summed E-state index contributed by atoms with van der Waals surface area (Å²) in [6.07, 6.45) is 73.5. The molecule has 0 bridgehead atoms. The van der Waals surface area contributed by atoms with E-state index in [1.165, 1.54) is 180 Å². The van der Waals surface area contributed by atoms with Crippen molar-refractivity contribution in [3.8, 4) is 0 Å². The minimum Gasteiger partial charge on any atom is -0.462 e. The number of ether oxygens (including phenoxy) is 3. The number of allylic oxidation sites excluding steroid dienone is 10. The predicted octanol–water partition coefficient (Wildman–Crippen LogP) is 20.4. The van der Waals surface area contributed by atoms with Gasteiger partial charge in [0.1, 0.15) is 13.2 Å². The summed E-state index contributed by atoms with van der Waals surface area (Å²) >= 11 is 0. The van der Waals surface area contributed by atoms with Gasteiger partial charge in [-0.1, -0.05) is 248 Å². The molecule has 0 aliphatic carbocycles. The first kappa shape index (κ1) is 67.1. The van der Waals surface area contributed by atoms with Crippen LogP contribution in [0.5, 0.6) is 0 Å². The van der Waals surface area contributed by atoms with Gasteiger partial charge in [0.25, 0.3) is 0 Å². The van der Waals surface area contributed by atoms with E-state index >= 15 is 0 Å². The van der Waals surface area contributed by atoms with Gasteiger partial charge in [-0.15, -0.1) is 0 Å². The van der Waals surface area contributed by atoms with Gasteiger partial charge in [0.2, 0.25) is 0 Å². The van der Waals surface area contributed by atoms with Gasteiger partial charge in [0.15, 0.2) is 6.10 Å². The molecule has 0 aromatic heterocycles. The smallest absolute Gasteiger partial charge is 0.306 e. The minimum atomic E-state index is -0.787. The lowest BCUT2D eigenvalue weighted by molar-refractivity contribution is -0.167. The van der Waals surface area contributed by atoms with Crippen molar-refractivity contribution in [1.29, 1.82) is 0 Å². The minimum absolute atomic E-state index is 0.0837. The van der Waals surface area contributed by atoms with E-state index in [1.807, 2.05) is 0 Å². The second-order valence-electron chi connectivity index (χ2n) is 20.3. The summed E-state index contributed by atoms with van der Waals surface area (Å²) < 4.78 is 16.9. The van der Waals surface area contributed by atoms with Crippen molar-refractivity contribution >= 4 is 17.9 Å². The SMILES string of the molecule is CCCCC/C=C\C/C=C\CCCCCCCCCC(=O)OC(COC(=O)CCCCCCC/C=C\C=C/CCCCCCCCC)COC(=O)CCCCCCCCC/C=C\CCCCCCCC. The number of unbranched alkanes of at least 4 members (excludes halogenated alkanes) is 35. The first-order valence-corrected chi connectivity index (χ1v) is 30.3. The Morgan fingerprint density at radius 1 is 0.300 bits per heavy atom. The van der Waals surface area contributed by atoms with Gasteiger partial charge < -0.3 is 14.2 Å². The predicted molar refractivity (Wildman–Crippen MR) is 302 cm³/mol. The van der Waals surface area contributed by atoms with Crippen LogP contribution in [0.2, 0.25) is 0 Å². The van der Waals surface area contributed by atoms with Gasteiger partial charge in [-0.05, 0) is 103 Å². The van der Waals surface area contributed by atoms with E-state index in [0.29, 0.717) is 19.3 Å². The van der Waals surface area contributed by atoms with Crippen molar-refractivity contribution in [1.82, 2.24) is 0 Å². The van der Waals surface area contributed by atoms with Crippen molar-refractivity contribution in [2.24, 2.45) is 0 Å². The number of carbonyl (C=O) groups excluding carboxylic acids is 3. The Kier molecular flexibility index (Phi) is 56.3. The van der Waals surface area contributed by atoms with Crippen LogP contribution in [0.25, 0.3) is 0 Å². The van der Waals surface area contributed by atoms with Crippen molar-refractivity contribution in [3.63, 3.8) is 0 Å². The van der Waals surface area contributed by atoms with Crippen LogP contribution in [0.1, 0.15) is 310 Å². The fraction of sp³-hybridized carbons (Fsp3) is 0.797. The topological polar surface area (TPSA) is 78.9 Å². The van der Waals surface area contributed by atoms with Crippen molar-refractivity contribution in [2.45, 2.75) is 316 Å². The summed E-state index contributed by atoms with van der Waals surface area (Å²) in [5.41, 5.74) is 0. The molecule has 0 aliphatic heterocycles. The molecule has 70 heavy (non-hydrogen) atoms. The first-order valence-electron chi connectivity index (χ1n) is 30.3. The van der Waals surface area contributed by atoms with Crippen LogP contribution in [0.4, 0.5) is 0 Å². The molecule has 0 heterocycles.